The highest BCUT2D eigenvalue weighted by atomic mass is 79.9. The predicted molar refractivity (Wildman–Crippen MR) is 92.6 cm³/mol. The Morgan fingerprint density at radius 2 is 2.00 bits per heavy atom. The van der Waals surface area contributed by atoms with Gasteiger partial charge in [-0.05, 0) is 36.1 Å². The van der Waals surface area contributed by atoms with Gasteiger partial charge in [-0.2, -0.15) is 0 Å². The van der Waals surface area contributed by atoms with Gasteiger partial charge in [0.15, 0.2) is 0 Å². The monoisotopic (exact) mass is 378 g/mol. The van der Waals surface area contributed by atoms with Crippen molar-refractivity contribution >= 4 is 28.3 Å². The molecule has 0 bridgehead atoms. The molecule has 0 radical (unpaired) electrons. The van der Waals surface area contributed by atoms with E-state index in [1.54, 1.807) is 6.07 Å². The van der Waals surface area contributed by atoms with Crippen molar-refractivity contribution in [2.45, 2.75) is 32.7 Å². The highest BCUT2D eigenvalue weighted by Crippen LogP contribution is 2.36. The summed E-state index contributed by atoms with van der Waals surface area (Å²) in [5.74, 6) is 0.378. The third-order valence-corrected chi connectivity index (χ3v) is 4.83. The number of halogens is 3. The molecule has 0 aromatic heterocycles. The van der Waals surface area contributed by atoms with Crippen LogP contribution < -0.4 is 5.32 Å². The van der Waals surface area contributed by atoms with E-state index in [1.807, 2.05) is 6.07 Å². The van der Waals surface area contributed by atoms with E-state index >= 15 is 0 Å². The van der Waals surface area contributed by atoms with Crippen molar-refractivity contribution in [1.29, 1.82) is 0 Å². The summed E-state index contributed by atoms with van der Waals surface area (Å²) in [6.07, 6.45) is 2.33. The summed E-state index contributed by atoms with van der Waals surface area (Å²) in [4.78, 5) is 2.50. The summed E-state index contributed by atoms with van der Waals surface area (Å²) in [5.41, 5.74) is 1.09. The lowest BCUT2D eigenvalue weighted by Gasteiger charge is -2.39. The molecule has 0 saturated carbocycles. The summed E-state index contributed by atoms with van der Waals surface area (Å²) < 4.78 is 14.7. The van der Waals surface area contributed by atoms with E-state index in [1.165, 1.54) is 6.07 Å². The van der Waals surface area contributed by atoms with Gasteiger partial charge in [0.1, 0.15) is 5.82 Å². The number of rotatable bonds is 5. The molecule has 0 aliphatic carbocycles. The van der Waals surface area contributed by atoms with Crippen LogP contribution in [0.1, 0.15) is 38.3 Å². The van der Waals surface area contributed by atoms with Gasteiger partial charge in [0.25, 0.3) is 0 Å². The van der Waals surface area contributed by atoms with Gasteiger partial charge in [-0.15, -0.1) is 12.4 Å². The first-order valence-electron chi connectivity index (χ1n) is 7.53. The summed E-state index contributed by atoms with van der Waals surface area (Å²) in [6, 6.07) is 5.34. The molecular weight excluding hydrogens is 355 g/mol. The highest BCUT2D eigenvalue weighted by Gasteiger charge is 2.28. The predicted octanol–water partition coefficient (Wildman–Crippen LogP) is 4.39. The van der Waals surface area contributed by atoms with Crippen molar-refractivity contribution in [3.63, 3.8) is 0 Å². The normalized spacial score (nSPS) is 18.9. The fourth-order valence-corrected chi connectivity index (χ4v) is 3.66. The third kappa shape index (κ3) is 4.92. The van der Waals surface area contributed by atoms with Crippen LogP contribution in [-0.4, -0.2) is 31.1 Å². The maximum Gasteiger partial charge on any atom is 0.123 e. The molecule has 1 N–H and O–H groups in total. The Kier molecular flexibility index (Phi) is 8.17. The number of nitrogens with zero attached hydrogens (tertiary/aromatic N) is 1. The molecule has 2 rings (SSSR count). The molecule has 0 spiro atoms. The Hall–Kier alpha value is -0.160. The Morgan fingerprint density at radius 1 is 1.33 bits per heavy atom. The summed E-state index contributed by atoms with van der Waals surface area (Å²) in [6.45, 7) is 8.59. The Bertz CT molecular complexity index is 438. The van der Waals surface area contributed by atoms with Gasteiger partial charge in [-0.25, -0.2) is 4.39 Å². The maximum atomic E-state index is 13.7. The van der Waals surface area contributed by atoms with Gasteiger partial charge in [-0.3, -0.25) is 4.90 Å². The Morgan fingerprint density at radius 3 is 2.62 bits per heavy atom. The Balaban J connectivity index is 0.00000220. The van der Waals surface area contributed by atoms with Crippen LogP contribution in [0.2, 0.25) is 0 Å². The SMILES string of the molecule is CCCC(C)[C@@H](c1cc(F)ccc1Br)N1CCNCC1.Cl. The zero-order chi connectivity index (χ0) is 14.5. The largest absolute Gasteiger partial charge is 0.314 e. The lowest BCUT2D eigenvalue weighted by molar-refractivity contribution is 0.125. The number of hydrogen-bond donors (Lipinski definition) is 1. The fraction of sp³-hybridized carbons (Fsp3) is 0.625. The number of hydrogen-bond acceptors (Lipinski definition) is 2. The van der Waals surface area contributed by atoms with Gasteiger partial charge in [0, 0.05) is 36.7 Å². The van der Waals surface area contributed by atoms with E-state index < -0.39 is 0 Å². The summed E-state index contributed by atoms with van der Waals surface area (Å²) >= 11 is 3.61. The van der Waals surface area contributed by atoms with Crippen molar-refractivity contribution in [2.75, 3.05) is 26.2 Å². The Labute approximate surface area is 142 Å². The van der Waals surface area contributed by atoms with Crippen LogP contribution in [0.3, 0.4) is 0 Å². The molecule has 1 aromatic carbocycles. The number of piperazine rings is 1. The average Bonchev–Trinajstić information content (AvgIpc) is 2.44. The van der Waals surface area contributed by atoms with Crippen molar-refractivity contribution < 1.29 is 4.39 Å². The molecule has 5 heteroatoms. The third-order valence-electron chi connectivity index (χ3n) is 4.10. The van der Waals surface area contributed by atoms with E-state index in [0.717, 1.165) is 49.1 Å². The fourth-order valence-electron chi connectivity index (χ4n) is 3.18. The van der Waals surface area contributed by atoms with Gasteiger partial charge in [0.05, 0.1) is 0 Å². The number of benzene rings is 1. The van der Waals surface area contributed by atoms with Crippen LogP contribution in [-0.2, 0) is 0 Å². The first-order valence-corrected chi connectivity index (χ1v) is 8.32. The minimum Gasteiger partial charge on any atom is -0.314 e. The quantitative estimate of drug-likeness (QED) is 0.816. The second kappa shape index (κ2) is 9.09. The van der Waals surface area contributed by atoms with E-state index in [0.29, 0.717) is 12.0 Å². The molecule has 1 heterocycles. The minimum atomic E-state index is -0.146. The van der Waals surface area contributed by atoms with E-state index in [2.05, 4.69) is 40.0 Å². The van der Waals surface area contributed by atoms with Crippen LogP contribution in [0.25, 0.3) is 0 Å². The van der Waals surface area contributed by atoms with Crippen molar-refractivity contribution in [1.82, 2.24) is 10.2 Å². The molecule has 1 aliphatic heterocycles. The molecule has 1 saturated heterocycles. The van der Waals surface area contributed by atoms with Crippen LogP contribution in [0, 0.1) is 11.7 Å². The van der Waals surface area contributed by atoms with Crippen molar-refractivity contribution in [2.24, 2.45) is 5.92 Å². The smallest absolute Gasteiger partial charge is 0.123 e. The molecule has 1 aromatic rings. The van der Waals surface area contributed by atoms with Crippen LogP contribution in [0.5, 0.6) is 0 Å². The number of nitrogens with one attached hydrogen (secondary N) is 1. The molecule has 2 nitrogen and oxygen atoms in total. The van der Waals surface area contributed by atoms with Crippen LogP contribution in [0.15, 0.2) is 22.7 Å². The second-order valence-electron chi connectivity index (χ2n) is 5.66. The van der Waals surface area contributed by atoms with Crippen molar-refractivity contribution in [3.8, 4) is 0 Å². The molecule has 120 valence electrons. The zero-order valence-electron chi connectivity index (χ0n) is 12.7. The topological polar surface area (TPSA) is 15.3 Å². The van der Waals surface area contributed by atoms with Crippen LogP contribution in [0.4, 0.5) is 4.39 Å². The lowest BCUT2D eigenvalue weighted by Crippen LogP contribution is -2.46. The van der Waals surface area contributed by atoms with Crippen LogP contribution >= 0.6 is 28.3 Å². The molecular formula is C16H25BrClFN2. The molecule has 1 aliphatic rings. The molecule has 21 heavy (non-hydrogen) atoms. The highest BCUT2D eigenvalue weighted by molar-refractivity contribution is 9.10. The second-order valence-corrected chi connectivity index (χ2v) is 6.52. The lowest BCUT2D eigenvalue weighted by atomic mass is 9.89. The summed E-state index contributed by atoms with van der Waals surface area (Å²) in [5, 5.41) is 3.39. The molecule has 1 unspecified atom stereocenters. The minimum absolute atomic E-state index is 0. The maximum absolute atomic E-state index is 13.7. The van der Waals surface area contributed by atoms with Gasteiger partial charge >= 0.3 is 0 Å². The average molecular weight is 380 g/mol. The van der Waals surface area contributed by atoms with Gasteiger partial charge in [0.2, 0.25) is 0 Å². The van der Waals surface area contributed by atoms with Gasteiger partial charge < -0.3 is 5.32 Å². The van der Waals surface area contributed by atoms with E-state index in [9.17, 15) is 4.39 Å². The molecule has 2 atom stereocenters. The zero-order valence-corrected chi connectivity index (χ0v) is 15.1. The van der Waals surface area contributed by atoms with Crippen molar-refractivity contribution in [3.05, 3.63) is 34.1 Å². The van der Waals surface area contributed by atoms with Gasteiger partial charge in [-0.1, -0.05) is 36.2 Å². The van der Waals surface area contributed by atoms with E-state index in [-0.39, 0.29) is 18.2 Å². The summed E-state index contributed by atoms with van der Waals surface area (Å²) in [7, 11) is 0. The molecule has 1 fully saturated rings. The first-order chi connectivity index (χ1) is 9.63. The van der Waals surface area contributed by atoms with E-state index in [4.69, 9.17) is 0 Å². The molecule has 0 amide bonds. The first kappa shape index (κ1) is 18.9. The standard InChI is InChI=1S/C16H24BrFN2.ClH/c1-3-4-12(2)16(20-9-7-19-8-10-20)14-11-13(18)5-6-15(14)17;/h5-6,11-12,16,19H,3-4,7-10H2,1-2H3;1H/t12?,16-;/m0./s1.